The van der Waals surface area contributed by atoms with Crippen LogP contribution in [0.3, 0.4) is 0 Å². The van der Waals surface area contributed by atoms with Crippen molar-refractivity contribution in [1.29, 1.82) is 0 Å². The smallest absolute Gasteiger partial charge is 0.326 e. The minimum atomic E-state index is -0.949. The first-order valence-electron chi connectivity index (χ1n) is 8.13. The van der Waals surface area contributed by atoms with Gasteiger partial charge in [-0.15, -0.1) is 0 Å². The van der Waals surface area contributed by atoms with E-state index in [1.165, 1.54) is 5.56 Å². The standard InChI is InChI=1S/C18H20N2O3/c1-10(11-5-3-2-4-6-11)20-9-12-7-14(20)17-16(12)15(21)8-13(19-17)18(22)23/h2-6,10,12-14,19H,7-9H2,1H3,(H,22,23)/t10-,12+,13+,14+/m0/s1. The first-order valence-corrected chi connectivity index (χ1v) is 8.13. The highest BCUT2D eigenvalue weighted by Gasteiger charge is 2.51. The molecule has 2 aliphatic heterocycles. The Bertz CT molecular complexity index is 697. The molecule has 3 aliphatic rings. The van der Waals surface area contributed by atoms with Crippen molar-refractivity contribution in [2.45, 2.75) is 37.9 Å². The number of hydrogen-bond acceptors (Lipinski definition) is 4. The normalized spacial score (nSPS) is 31.0. The van der Waals surface area contributed by atoms with Crippen LogP contribution in [0.5, 0.6) is 0 Å². The van der Waals surface area contributed by atoms with E-state index in [2.05, 4.69) is 29.3 Å². The van der Waals surface area contributed by atoms with Gasteiger partial charge in [-0.3, -0.25) is 9.69 Å². The second kappa shape index (κ2) is 5.20. The molecule has 4 atom stereocenters. The van der Waals surface area contributed by atoms with Gasteiger partial charge in [0.2, 0.25) is 0 Å². The van der Waals surface area contributed by atoms with Crippen LogP contribution in [0.4, 0.5) is 0 Å². The van der Waals surface area contributed by atoms with Crippen molar-refractivity contribution in [2.75, 3.05) is 6.54 Å². The molecule has 0 unspecified atom stereocenters. The van der Waals surface area contributed by atoms with Gasteiger partial charge in [0.1, 0.15) is 6.04 Å². The molecule has 1 aromatic rings. The highest BCUT2D eigenvalue weighted by molar-refractivity contribution is 6.01. The summed E-state index contributed by atoms with van der Waals surface area (Å²) in [6.45, 7) is 3.06. The fourth-order valence-corrected chi connectivity index (χ4v) is 4.34. The Hall–Kier alpha value is -2.14. The SMILES string of the molecule is C[C@@H](c1ccccc1)N1C[C@H]2C[C@@H]1C1=C2C(=O)C[C@H](C(=O)O)N1. The Morgan fingerprint density at radius 2 is 2.09 bits per heavy atom. The summed E-state index contributed by atoms with van der Waals surface area (Å²) in [5.41, 5.74) is 2.98. The summed E-state index contributed by atoms with van der Waals surface area (Å²) in [4.78, 5) is 26.0. The van der Waals surface area contributed by atoms with Gasteiger partial charge in [-0.1, -0.05) is 30.3 Å². The first kappa shape index (κ1) is 14.5. The summed E-state index contributed by atoms with van der Waals surface area (Å²) in [6.07, 6.45) is 0.999. The van der Waals surface area contributed by atoms with E-state index in [1.807, 2.05) is 18.2 Å². The molecule has 1 fully saturated rings. The molecule has 1 aromatic carbocycles. The first-order chi connectivity index (χ1) is 11.1. The van der Waals surface area contributed by atoms with Crippen molar-refractivity contribution in [3.63, 3.8) is 0 Å². The van der Waals surface area contributed by atoms with E-state index in [9.17, 15) is 14.7 Å². The van der Waals surface area contributed by atoms with Crippen molar-refractivity contribution in [3.05, 3.63) is 47.2 Å². The zero-order chi connectivity index (χ0) is 16.1. The monoisotopic (exact) mass is 312 g/mol. The summed E-state index contributed by atoms with van der Waals surface area (Å²) in [6, 6.07) is 9.91. The number of nitrogens with zero attached hydrogens (tertiary/aromatic N) is 1. The molecule has 1 saturated heterocycles. The molecule has 2 N–H and O–H groups in total. The number of carbonyl (C=O) groups excluding carboxylic acids is 1. The van der Waals surface area contributed by atoms with E-state index < -0.39 is 12.0 Å². The molecule has 23 heavy (non-hydrogen) atoms. The maximum Gasteiger partial charge on any atom is 0.326 e. The third-order valence-corrected chi connectivity index (χ3v) is 5.47. The number of carboxylic acid groups (broad SMARTS) is 1. The number of benzene rings is 1. The summed E-state index contributed by atoms with van der Waals surface area (Å²) in [7, 11) is 0. The van der Waals surface area contributed by atoms with Crippen molar-refractivity contribution >= 4 is 11.8 Å². The maximum absolute atomic E-state index is 12.3. The summed E-state index contributed by atoms with van der Waals surface area (Å²) in [5, 5.41) is 12.4. The molecule has 2 bridgehead atoms. The minimum Gasteiger partial charge on any atom is -0.480 e. The topological polar surface area (TPSA) is 69.6 Å². The second-order valence-electron chi connectivity index (χ2n) is 6.72. The third kappa shape index (κ3) is 2.18. The molecule has 0 amide bonds. The molecular formula is C18H20N2O3. The zero-order valence-corrected chi connectivity index (χ0v) is 13.0. The number of carboxylic acids is 1. The molecule has 120 valence electrons. The van der Waals surface area contributed by atoms with Gasteiger partial charge >= 0.3 is 5.97 Å². The maximum atomic E-state index is 12.3. The Balaban J connectivity index is 1.63. The predicted molar refractivity (Wildman–Crippen MR) is 84.7 cm³/mol. The van der Waals surface area contributed by atoms with E-state index in [1.54, 1.807) is 0 Å². The molecule has 0 saturated carbocycles. The zero-order valence-electron chi connectivity index (χ0n) is 13.0. The average molecular weight is 312 g/mol. The van der Waals surface area contributed by atoms with Crippen molar-refractivity contribution < 1.29 is 14.7 Å². The van der Waals surface area contributed by atoms with Crippen molar-refractivity contribution in [2.24, 2.45) is 5.92 Å². The lowest BCUT2D eigenvalue weighted by atomic mass is 9.90. The van der Waals surface area contributed by atoms with Crippen molar-refractivity contribution in [3.8, 4) is 0 Å². The molecule has 0 aromatic heterocycles. The van der Waals surface area contributed by atoms with Gasteiger partial charge in [0.05, 0.1) is 6.04 Å². The van der Waals surface area contributed by atoms with Crippen LogP contribution in [-0.2, 0) is 9.59 Å². The van der Waals surface area contributed by atoms with Crippen LogP contribution in [0, 0.1) is 5.92 Å². The van der Waals surface area contributed by atoms with Crippen molar-refractivity contribution in [1.82, 2.24) is 10.2 Å². The van der Waals surface area contributed by atoms with Crippen LogP contribution < -0.4 is 5.32 Å². The van der Waals surface area contributed by atoms with Crippen LogP contribution in [0.1, 0.15) is 31.4 Å². The lowest BCUT2D eigenvalue weighted by Gasteiger charge is -2.38. The van der Waals surface area contributed by atoms with Gasteiger partial charge in [-0.25, -0.2) is 4.79 Å². The van der Waals surface area contributed by atoms with Crippen LogP contribution in [0.25, 0.3) is 0 Å². The van der Waals surface area contributed by atoms with Crippen LogP contribution in [0.15, 0.2) is 41.6 Å². The van der Waals surface area contributed by atoms with Gasteiger partial charge in [0.15, 0.2) is 5.78 Å². The van der Waals surface area contributed by atoms with E-state index in [0.717, 1.165) is 24.2 Å². The lowest BCUT2D eigenvalue weighted by molar-refractivity contribution is -0.141. The number of aliphatic carboxylic acids is 1. The highest BCUT2D eigenvalue weighted by Crippen LogP contribution is 2.46. The van der Waals surface area contributed by atoms with Crippen LogP contribution >= 0.6 is 0 Å². The average Bonchev–Trinajstić information content (AvgIpc) is 3.14. The Kier molecular flexibility index (Phi) is 3.27. The fraction of sp³-hybridized carbons (Fsp3) is 0.444. The van der Waals surface area contributed by atoms with E-state index in [-0.39, 0.29) is 30.2 Å². The van der Waals surface area contributed by atoms with E-state index >= 15 is 0 Å². The number of ketones is 1. The van der Waals surface area contributed by atoms with E-state index in [0.29, 0.717) is 0 Å². The summed E-state index contributed by atoms with van der Waals surface area (Å²) >= 11 is 0. The van der Waals surface area contributed by atoms with Crippen LogP contribution in [0.2, 0.25) is 0 Å². The van der Waals surface area contributed by atoms with E-state index in [4.69, 9.17) is 0 Å². The molecule has 1 aliphatic carbocycles. The highest BCUT2D eigenvalue weighted by atomic mass is 16.4. The van der Waals surface area contributed by atoms with Gasteiger partial charge in [-0.2, -0.15) is 0 Å². The van der Waals surface area contributed by atoms with Gasteiger partial charge < -0.3 is 10.4 Å². The lowest BCUT2D eigenvalue weighted by Crippen LogP contribution is -2.50. The molecule has 5 nitrogen and oxygen atoms in total. The molecular weight excluding hydrogens is 292 g/mol. The molecule has 0 spiro atoms. The molecule has 0 radical (unpaired) electrons. The third-order valence-electron chi connectivity index (χ3n) is 5.47. The predicted octanol–water partition coefficient (Wildman–Crippen LogP) is 1.72. The summed E-state index contributed by atoms with van der Waals surface area (Å²) in [5.74, 6) is -0.683. The fourth-order valence-electron chi connectivity index (χ4n) is 4.34. The quantitative estimate of drug-likeness (QED) is 0.889. The Labute approximate surface area is 135 Å². The number of rotatable bonds is 3. The number of likely N-dealkylation sites (tertiary alicyclic amines) is 1. The van der Waals surface area contributed by atoms with Gasteiger partial charge in [-0.05, 0) is 18.9 Å². The number of fused-ring (bicyclic) bond motifs is 4. The number of Topliss-reactive ketones (excluding diaryl/α,β-unsaturated/α-hetero) is 1. The number of nitrogens with one attached hydrogen (secondary N) is 1. The Morgan fingerprint density at radius 1 is 1.35 bits per heavy atom. The minimum absolute atomic E-state index is 0.0191. The number of hydrogen-bond donors (Lipinski definition) is 2. The van der Waals surface area contributed by atoms with Gasteiger partial charge in [0.25, 0.3) is 0 Å². The number of carbonyl (C=O) groups is 2. The van der Waals surface area contributed by atoms with Gasteiger partial charge in [0, 0.05) is 36.2 Å². The molecule has 5 heteroatoms. The summed E-state index contributed by atoms with van der Waals surface area (Å²) < 4.78 is 0. The molecule has 2 heterocycles. The van der Waals surface area contributed by atoms with Crippen LogP contribution in [-0.4, -0.2) is 40.4 Å². The molecule has 4 rings (SSSR count). The largest absolute Gasteiger partial charge is 0.480 e. The second-order valence-corrected chi connectivity index (χ2v) is 6.72. The Morgan fingerprint density at radius 3 is 2.78 bits per heavy atom.